The highest BCUT2D eigenvalue weighted by atomic mass is 16.7. The molecule has 1 N–H and O–H groups in total. The molecular formula is C27H46N2O2. The van der Waals surface area contributed by atoms with Crippen molar-refractivity contribution in [2.75, 3.05) is 7.11 Å². The molecule has 2 saturated heterocycles. The smallest absolute Gasteiger partial charge is 0.0575 e. The fourth-order valence-electron chi connectivity index (χ4n) is 6.58. The van der Waals surface area contributed by atoms with Crippen molar-refractivity contribution in [3.05, 3.63) is 35.4 Å². The summed E-state index contributed by atoms with van der Waals surface area (Å²) in [5.74, 6) is 1.02. The van der Waals surface area contributed by atoms with Crippen LogP contribution in [-0.2, 0) is 4.84 Å². The van der Waals surface area contributed by atoms with Crippen LogP contribution < -0.4 is 0 Å². The van der Waals surface area contributed by atoms with Crippen molar-refractivity contribution in [3.8, 4) is 0 Å². The zero-order valence-electron chi connectivity index (χ0n) is 21.5. The van der Waals surface area contributed by atoms with Crippen LogP contribution in [0.25, 0.3) is 0 Å². The van der Waals surface area contributed by atoms with Crippen molar-refractivity contribution in [1.29, 1.82) is 0 Å². The molecule has 1 aromatic carbocycles. The SMILES string of the molecule is CON1C(C)(C)CCC(c2ccc(C3CCC(C)(C)N(O)C(C)(C)C3)cc2)CC1(C)C. The molecule has 2 unspecified atom stereocenters. The standard InChI is InChI=1S/C27H46N2O2/c1-24(2)16-14-22(18-26(5,6)28(24)30)20-10-12-21(13-11-20)23-15-17-25(3,4)29(31-9)27(7,8)19-23/h10-13,22-23,30H,14-19H2,1-9H3. The Hall–Kier alpha value is -0.940. The van der Waals surface area contributed by atoms with E-state index in [2.05, 4.69) is 84.7 Å². The van der Waals surface area contributed by atoms with Crippen molar-refractivity contribution in [3.63, 3.8) is 0 Å². The maximum atomic E-state index is 10.8. The van der Waals surface area contributed by atoms with Crippen LogP contribution in [0.2, 0.25) is 0 Å². The number of benzene rings is 1. The van der Waals surface area contributed by atoms with E-state index >= 15 is 0 Å². The van der Waals surface area contributed by atoms with Crippen LogP contribution in [0.4, 0.5) is 0 Å². The molecule has 2 aliphatic rings. The van der Waals surface area contributed by atoms with Gasteiger partial charge in [0, 0.05) is 22.2 Å². The quantitative estimate of drug-likeness (QED) is 0.566. The van der Waals surface area contributed by atoms with Crippen LogP contribution in [0.1, 0.15) is 117 Å². The van der Waals surface area contributed by atoms with Crippen molar-refractivity contribution in [1.82, 2.24) is 10.1 Å². The van der Waals surface area contributed by atoms with Gasteiger partial charge in [-0.2, -0.15) is 10.1 Å². The summed E-state index contributed by atoms with van der Waals surface area (Å²) < 4.78 is 0. The lowest BCUT2D eigenvalue weighted by Crippen LogP contribution is -2.53. The van der Waals surface area contributed by atoms with E-state index in [-0.39, 0.29) is 22.2 Å². The van der Waals surface area contributed by atoms with Crippen LogP contribution in [0, 0.1) is 0 Å². The summed E-state index contributed by atoms with van der Waals surface area (Å²) in [4.78, 5) is 5.85. The molecule has 0 saturated carbocycles. The summed E-state index contributed by atoms with van der Waals surface area (Å²) in [5.41, 5.74) is 2.45. The van der Waals surface area contributed by atoms with Gasteiger partial charge in [0.25, 0.3) is 0 Å². The Morgan fingerprint density at radius 1 is 0.710 bits per heavy atom. The normalized spacial score (nSPS) is 31.0. The number of hydrogen-bond donors (Lipinski definition) is 1. The highest BCUT2D eigenvalue weighted by Crippen LogP contribution is 2.45. The van der Waals surface area contributed by atoms with Gasteiger partial charge in [-0.3, -0.25) is 0 Å². The minimum Gasteiger partial charge on any atom is -0.313 e. The molecule has 2 aliphatic heterocycles. The Bertz CT molecular complexity index is 751. The van der Waals surface area contributed by atoms with Gasteiger partial charge in [-0.1, -0.05) is 24.3 Å². The van der Waals surface area contributed by atoms with Crippen molar-refractivity contribution in [2.24, 2.45) is 0 Å². The molecule has 0 aliphatic carbocycles. The molecule has 0 spiro atoms. The summed E-state index contributed by atoms with van der Waals surface area (Å²) in [6, 6.07) is 9.44. The number of hydroxylamine groups is 4. The number of nitrogens with zero attached hydrogens (tertiary/aromatic N) is 2. The van der Waals surface area contributed by atoms with Gasteiger partial charge in [-0.15, -0.1) is 0 Å². The van der Waals surface area contributed by atoms with Gasteiger partial charge in [-0.05, 0) is 117 Å². The number of hydrogen-bond acceptors (Lipinski definition) is 4. The second kappa shape index (κ2) is 8.44. The highest BCUT2D eigenvalue weighted by molar-refractivity contribution is 5.29. The highest BCUT2D eigenvalue weighted by Gasteiger charge is 2.44. The first-order valence-electron chi connectivity index (χ1n) is 12.1. The molecule has 2 fully saturated rings. The molecule has 1 aromatic rings. The van der Waals surface area contributed by atoms with Gasteiger partial charge < -0.3 is 10.0 Å². The molecule has 176 valence electrons. The van der Waals surface area contributed by atoms with Gasteiger partial charge in [0.05, 0.1) is 7.11 Å². The maximum Gasteiger partial charge on any atom is 0.0575 e. The van der Waals surface area contributed by atoms with E-state index < -0.39 is 0 Å². The van der Waals surface area contributed by atoms with Crippen LogP contribution >= 0.6 is 0 Å². The van der Waals surface area contributed by atoms with E-state index in [0.717, 1.165) is 32.1 Å². The third kappa shape index (κ3) is 5.03. The predicted octanol–water partition coefficient (Wildman–Crippen LogP) is 6.89. The number of rotatable bonds is 3. The molecular weight excluding hydrogens is 384 g/mol. The Labute approximate surface area is 190 Å². The zero-order valence-corrected chi connectivity index (χ0v) is 21.5. The van der Waals surface area contributed by atoms with Crippen molar-refractivity contribution >= 4 is 0 Å². The van der Waals surface area contributed by atoms with Gasteiger partial charge >= 0.3 is 0 Å². The van der Waals surface area contributed by atoms with E-state index in [1.54, 1.807) is 5.06 Å². The molecule has 2 heterocycles. The van der Waals surface area contributed by atoms with Crippen LogP contribution in [0.5, 0.6) is 0 Å². The maximum absolute atomic E-state index is 10.8. The Kier molecular flexibility index (Phi) is 6.73. The monoisotopic (exact) mass is 430 g/mol. The van der Waals surface area contributed by atoms with Gasteiger partial charge in [-0.25, -0.2) is 0 Å². The summed E-state index contributed by atoms with van der Waals surface area (Å²) in [6.07, 6.45) is 6.47. The lowest BCUT2D eigenvalue weighted by molar-refractivity contribution is -0.245. The molecule has 0 radical (unpaired) electrons. The lowest BCUT2D eigenvalue weighted by Gasteiger charge is -2.45. The van der Waals surface area contributed by atoms with Crippen LogP contribution in [-0.4, -0.2) is 44.6 Å². The topological polar surface area (TPSA) is 35.9 Å². The minimum atomic E-state index is -0.232. The molecule has 4 heteroatoms. The van der Waals surface area contributed by atoms with Gasteiger partial charge in [0.15, 0.2) is 0 Å². The first-order chi connectivity index (χ1) is 14.2. The molecule has 2 atom stereocenters. The Morgan fingerprint density at radius 2 is 1.13 bits per heavy atom. The molecule has 4 nitrogen and oxygen atoms in total. The summed E-state index contributed by atoms with van der Waals surface area (Å²) in [5, 5.41) is 14.6. The average molecular weight is 431 g/mol. The van der Waals surface area contributed by atoms with E-state index in [0.29, 0.717) is 11.8 Å². The second-order valence-electron chi connectivity index (χ2n) is 12.6. The summed E-state index contributed by atoms with van der Waals surface area (Å²) in [6.45, 7) is 17.8. The fourth-order valence-corrected chi connectivity index (χ4v) is 6.58. The second-order valence-corrected chi connectivity index (χ2v) is 12.6. The van der Waals surface area contributed by atoms with Gasteiger partial charge in [0.1, 0.15) is 0 Å². The Morgan fingerprint density at radius 3 is 1.58 bits per heavy atom. The molecule has 0 aromatic heterocycles. The molecule has 0 bridgehead atoms. The summed E-state index contributed by atoms with van der Waals surface area (Å²) >= 11 is 0. The molecule has 31 heavy (non-hydrogen) atoms. The van der Waals surface area contributed by atoms with E-state index in [1.807, 2.05) is 7.11 Å². The van der Waals surface area contributed by atoms with Crippen molar-refractivity contribution in [2.45, 2.75) is 128 Å². The zero-order chi connectivity index (χ0) is 23.2. The van der Waals surface area contributed by atoms with Crippen molar-refractivity contribution < 1.29 is 10.0 Å². The minimum absolute atomic E-state index is 0.0143. The molecule has 0 amide bonds. The largest absolute Gasteiger partial charge is 0.313 e. The molecule has 3 rings (SSSR count). The fraction of sp³-hybridized carbons (Fsp3) is 0.778. The Balaban J connectivity index is 1.80. The first-order valence-corrected chi connectivity index (χ1v) is 12.1. The average Bonchev–Trinajstić information content (AvgIpc) is 2.81. The summed E-state index contributed by atoms with van der Waals surface area (Å²) in [7, 11) is 1.81. The third-order valence-corrected chi connectivity index (χ3v) is 8.01. The van der Waals surface area contributed by atoms with Crippen LogP contribution in [0.15, 0.2) is 24.3 Å². The predicted molar refractivity (Wildman–Crippen MR) is 128 cm³/mol. The van der Waals surface area contributed by atoms with E-state index in [1.165, 1.54) is 17.5 Å². The first kappa shape index (κ1) is 24.7. The van der Waals surface area contributed by atoms with Crippen LogP contribution in [0.3, 0.4) is 0 Å². The third-order valence-electron chi connectivity index (χ3n) is 8.01. The van der Waals surface area contributed by atoms with E-state index in [9.17, 15) is 5.21 Å². The lowest BCUT2D eigenvalue weighted by atomic mass is 9.81. The van der Waals surface area contributed by atoms with Gasteiger partial charge in [0.2, 0.25) is 0 Å². The van der Waals surface area contributed by atoms with E-state index in [4.69, 9.17) is 4.84 Å².